The predicted molar refractivity (Wildman–Crippen MR) is 62.5 cm³/mol. The number of pyridine rings is 1. The summed E-state index contributed by atoms with van der Waals surface area (Å²) in [5, 5.41) is 0. The van der Waals surface area contributed by atoms with E-state index < -0.39 is 0 Å². The van der Waals surface area contributed by atoms with E-state index in [2.05, 4.69) is 38.8 Å². The molecule has 0 aliphatic carbocycles. The molecule has 1 fully saturated rings. The van der Waals surface area contributed by atoms with Gasteiger partial charge in [0.05, 0.1) is 4.47 Å². The Hall–Kier alpha value is -0.570. The smallest absolute Gasteiger partial charge is 0.142 e. The monoisotopic (exact) mass is 254 g/mol. The maximum absolute atomic E-state index is 4.37. The Labute approximate surface area is 93.5 Å². The molecule has 0 unspecified atom stereocenters. The third-order valence-electron chi connectivity index (χ3n) is 2.69. The Morgan fingerprint density at radius 3 is 3.00 bits per heavy atom. The molecule has 0 bridgehead atoms. The van der Waals surface area contributed by atoms with Crippen molar-refractivity contribution in [2.45, 2.75) is 19.8 Å². The molecule has 0 atom stereocenters. The molecule has 1 aromatic rings. The van der Waals surface area contributed by atoms with Crippen molar-refractivity contribution in [2.75, 3.05) is 18.0 Å². The van der Waals surface area contributed by atoms with E-state index in [-0.39, 0.29) is 0 Å². The van der Waals surface area contributed by atoms with Crippen LogP contribution in [0.4, 0.5) is 5.82 Å². The number of anilines is 1. The number of rotatable bonds is 3. The summed E-state index contributed by atoms with van der Waals surface area (Å²) in [6.45, 7) is 4.59. The van der Waals surface area contributed by atoms with Gasteiger partial charge in [-0.25, -0.2) is 4.98 Å². The van der Waals surface area contributed by atoms with Gasteiger partial charge in [-0.05, 0) is 40.4 Å². The Morgan fingerprint density at radius 2 is 2.36 bits per heavy atom. The van der Waals surface area contributed by atoms with Gasteiger partial charge in [0.1, 0.15) is 5.82 Å². The summed E-state index contributed by atoms with van der Waals surface area (Å²) in [5.74, 6) is 1.98. The Balaban J connectivity index is 1.96. The maximum atomic E-state index is 4.37. The molecule has 0 N–H and O–H groups in total. The van der Waals surface area contributed by atoms with Gasteiger partial charge in [0.2, 0.25) is 0 Å². The largest absolute Gasteiger partial charge is 0.355 e. The van der Waals surface area contributed by atoms with Crippen LogP contribution in [-0.4, -0.2) is 18.1 Å². The normalized spacial score (nSPS) is 16.9. The molecule has 2 rings (SSSR count). The van der Waals surface area contributed by atoms with Crippen molar-refractivity contribution in [2.24, 2.45) is 5.92 Å². The fraction of sp³-hybridized carbons (Fsp3) is 0.545. The van der Waals surface area contributed by atoms with E-state index in [1.165, 1.54) is 25.9 Å². The first kappa shape index (κ1) is 9.97. The van der Waals surface area contributed by atoms with Crippen LogP contribution in [0.1, 0.15) is 19.8 Å². The molecule has 2 nitrogen and oxygen atoms in total. The van der Waals surface area contributed by atoms with E-state index in [1.807, 2.05) is 12.3 Å². The summed E-state index contributed by atoms with van der Waals surface area (Å²) in [7, 11) is 0. The lowest BCUT2D eigenvalue weighted by Gasteiger charge is -2.40. The summed E-state index contributed by atoms with van der Waals surface area (Å²) >= 11 is 3.53. The molecule has 0 aromatic carbocycles. The van der Waals surface area contributed by atoms with E-state index in [0.29, 0.717) is 0 Å². The third kappa shape index (κ3) is 1.92. The fourth-order valence-corrected chi connectivity index (χ4v) is 2.45. The first-order valence-electron chi connectivity index (χ1n) is 5.16. The molecule has 1 aliphatic rings. The first-order chi connectivity index (χ1) is 6.81. The lowest BCUT2D eigenvalue weighted by Crippen LogP contribution is -2.47. The van der Waals surface area contributed by atoms with Gasteiger partial charge in [-0.2, -0.15) is 0 Å². The molecule has 14 heavy (non-hydrogen) atoms. The summed E-state index contributed by atoms with van der Waals surface area (Å²) in [4.78, 5) is 6.71. The van der Waals surface area contributed by atoms with E-state index in [9.17, 15) is 0 Å². The SMILES string of the molecule is CCCC1CN(c2ncccc2Br)C1. The highest BCUT2D eigenvalue weighted by Crippen LogP contribution is 2.30. The zero-order chi connectivity index (χ0) is 9.97. The van der Waals surface area contributed by atoms with Crippen molar-refractivity contribution in [3.8, 4) is 0 Å². The van der Waals surface area contributed by atoms with Crippen molar-refractivity contribution in [3.63, 3.8) is 0 Å². The lowest BCUT2D eigenvalue weighted by molar-refractivity contribution is 0.377. The highest BCUT2D eigenvalue weighted by atomic mass is 79.9. The third-order valence-corrected chi connectivity index (χ3v) is 3.31. The minimum absolute atomic E-state index is 0.883. The van der Waals surface area contributed by atoms with Gasteiger partial charge in [-0.3, -0.25) is 0 Å². The van der Waals surface area contributed by atoms with E-state index in [1.54, 1.807) is 0 Å². The van der Waals surface area contributed by atoms with Crippen molar-refractivity contribution in [1.29, 1.82) is 0 Å². The zero-order valence-corrected chi connectivity index (χ0v) is 10.00. The number of hydrogen-bond donors (Lipinski definition) is 0. The predicted octanol–water partition coefficient (Wildman–Crippen LogP) is 3.08. The second-order valence-corrected chi connectivity index (χ2v) is 4.72. The molecule has 0 spiro atoms. The highest BCUT2D eigenvalue weighted by Gasteiger charge is 2.27. The first-order valence-corrected chi connectivity index (χ1v) is 5.96. The molecule has 1 aromatic heterocycles. The van der Waals surface area contributed by atoms with Gasteiger partial charge in [0, 0.05) is 19.3 Å². The fourth-order valence-electron chi connectivity index (χ4n) is 1.94. The summed E-state index contributed by atoms with van der Waals surface area (Å²) in [6, 6.07) is 4.01. The molecule has 0 saturated carbocycles. The maximum Gasteiger partial charge on any atom is 0.142 e. The van der Waals surface area contributed by atoms with Crippen LogP contribution in [-0.2, 0) is 0 Å². The Bertz CT molecular complexity index is 308. The molecule has 2 heterocycles. The Morgan fingerprint density at radius 1 is 1.57 bits per heavy atom. The second-order valence-electron chi connectivity index (χ2n) is 3.87. The molecular formula is C11H15BrN2. The molecule has 76 valence electrons. The highest BCUT2D eigenvalue weighted by molar-refractivity contribution is 9.10. The van der Waals surface area contributed by atoms with Crippen LogP contribution < -0.4 is 4.90 Å². The average molecular weight is 255 g/mol. The van der Waals surface area contributed by atoms with Crippen LogP contribution in [0.3, 0.4) is 0 Å². The van der Waals surface area contributed by atoms with Crippen molar-refractivity contribution < 1.29 is 0 Å². The van der Waals surface area contributed by atoms with Gasteiger partial charge in [-0.15, -0.1) is 0 Å². The summed E-state index contributed by atoms with van der Waals surface area (Å²) in [5.41, 5.74) is 0. The molecule has 1 aliphatic heterocycles. The Kier molecular flexibility index (Phi) is 3.06. The number of nitrogens with zero attached hydrogens (tertiary/aromatic N) is 2. The van der Waals surface area contributed by atoms with Crippen LogP contribution in [0, 0.1) is 5.92 Å². The van der Waals surface area contributed by atoms with Gasteiger partial charge in [0.15, 0.2) is 0 Å². The second kappa shape index (κ2) is 4.30. The average Bonchev–Trinajstić information content (AvgIpc) is 2.12. The molecular weight excluding hydrogens is 240 g/mol. The van der Waals surface area contributed by atoms with E-state index in [0.717, 1.165) is 16.2 Å². The topological polar surface area (TPSA) is 16.1 Å². The van der Waals surface area contributed by atoms with Gasteiger partial charge < -0.3 is 4.90 Å². The van der Waals surface area contributed by atoms with E-state index >= 15 is 0 Å². The standard InChI is InChI=1S/C11H15BrN2/c1-2-4-9-7-14(8-9)11-10(12)5-3-6-13-11/h3,5-6,9H,2,4,7-8H2,1H3. The van der Waals surface area contributed by atoms with E-state index in [4.69, 9.17) is 0 Å². The van der Waals surface area contributed by atoms with Crippen molar-refractivity contribution >= 4 is 21.7 Å². The van der Waals surface area contributed by atoms with Crippen molar-refractivity contribution in [3.05, 3.63) is 22.8 Å². The van der Waals surface area contributed by atoms with Gasteiger partial charge in [-0.1, -0.05) is 13.3 Å². The number of hydrogen-bond acceptors (Lipinski definition) is 2. The summed E-state index contributed by atoms with van der Waals surface area (Å²) in [6.07, 6.45) is 4.50. The van der Waals surface area contributed by atoms with Crippen molar-refractivity contribution in [1.82, 2.24) is 4.98 Å². The number of aromatic nitrogens is 1. The van der Waals surface area contributed by atoms with Crippen LogP contribution >= 0.6 is 15.9 Å². The quantitative estimate of drug-likeness (QED) is 0.825. The van der Waals surface area contributed by atoms with Gasteiger partial charge in [0.25, 0.3) is 0 Å². The zero-order valence-electron chi connectivity index (χ0n) is 8.41. The van der Waals surface area contributed by atoms with Crippen LogP contribution in [0.5, 0.6) is 0 Å². The lowest BCUT2D eigenvalue weighted by atomic mass is 9.95. The molecule has 0 amide bonds. The molecule has 1 saturated heterocycles. The van der Waals surface area contributed by atoms with Crippen LogP contribution in [0.2, 0.25) is 0 Å². The molecule has 3 heteroatoms. The minimum atomic E-state index is 0.883. The summed E-state index contributed by atoms with van der Waals surface area (Å²) < 4.78 is 1.11. The van der Waals surface area contributed by atoms with Crippen LogP contribution in [0.15, 0.2) is 22.8 Å². The number of halogens is 1. The van der Waals surface area contributed by atoms with Crippen LogP contribution in [0.25, 0.3) is 0 Å². The van der Waals surface area contributed by atoms with Gasteiger partial charge >= 0.3 is 0 Å². The molecule has 0 radical (unpaired) electrons. The minimum Gasteiger partial charge on any atom is -0.355 e.